The molecule has 0 unspecified atom stereocenters. The fourth-order valence-electron chi connectivity index (χ4n) is 5.05. The van der Waals surface area contributed by atoms with Crippen molar-refractivity contribution in [1.29, 1.82) is 0 Å². The van der Waals surface area contributed by atoms with Crippen molar-refractivity contribution in [2.45, 2.75) is 61.4 Å². The van der Waals surface area contributed by atoms with Crippen LogP contribution in [0, 0.1) is 0 Å². The third-order valence-corrected chi connectivity index (χ3v) is 7.52. The summed E-state index contributed by atoms with van der Waals surface area (Å²) in [6, 6.07) is 5.83. The summed E-state index contributed by atoms with van der Waals surface area (Å²) in [5.74, 6) is -2.18. The zero-order valence-corrected chi connectivity index (χ0v) is 23.4. The van der Waals surface area contributed by atoms with Crippen LogP contribution in [0.15, 0.2) is 39.5 Å². The summed E-state index contributed by atoms with van der Waals surface area (Å²) < 4.78 is 32.8. The van der Waals surface area contributed by atoms with Crippen LogP contribution >= 0.6 is 0 Å². The Labute approximate surface area is 252 Å². The number of ether oxygens (including phenoxy) is 5. The first-order valence-electron chi connectivity index (χ1n) is 13.6. The van der Waals surface area contributed by atoms with Gasteiger partial charge < -0.3 is 79.2 Å². The summed E-state index contributed by atoms with van der Waals surface area (Å²) in [7, 11) is 1.17. The van der Waals surface area contributed by atoms with Crippen LogP contribution in [0.1, 0.15) is 0 Å². The van der Waals surface area contributed by atoms with E-state index in [9.17, 15) is 55.9 Å². The Morgan fingerprint density at radius 3 is 1.84 bits per heavy atom. The average molecular weight is 641 g/mol. The van der Waals surface area contributed by atoms with Crippen molar-refractivity contribution < 1.29 is 79.2 Å². The van der Waals surface area contributed by atoms with Crippen LogP contribution in [-0.4, -0.2) is 133 Å². The zero-order chi connectivity index (χ0) is 32.7. The van der Waals surface area contributed by atoms with E-state index in [1.54, 1.807) is 0 Å². The highest BCUT2D eigenvalue weighted by Gasteiger charge is 2.46. The topological polar surface area (TPSA) is 279 Å². The second-order valence-electron chi connectivity index (χ2n) is 10.4. The van der Waals surface area contributed by atoms with Gasteiger partial charge in [-0.05, 0) is 18.2 Å². The van der Waals surface area contributed by atoms with Gasteiger partial charge in [-0.2, -0.15) is 0 Å². The SMILES string of the molecule is COc1c(-c2ccc(O[C@@H]3O[C@H](CO)[C@@H](O)[C@H](O)[C@H]3O)c(O)c2)oc2cc(O[C@@H]3O[C@H](CO)[C@@H](O)[C@H](O)[C@H]3O)cc(O)c2c1=O. The van der Waals surface area contributed by atoms with E-state index >= 15 is 0 Å². The normalized spacial score (nSPS) is 31.9. The predicted octanol–water partition coefficient (Wildman–Crippen LogP) is -2.76. The van der Waals surface area contributed by atoms with Gasteiger partial charge in [0.15, 0.2) is 17.3 Å². The molecule has 10 atom stereocenters. The van der Waals surface area contributed by atoms with Gasteiger partial charge in [0.1, 0.15) is 71.3 Å². The molecule has 2 fully saturated rings. The molecule has 10 N–H and O–H groups in total. The number of hydrogen-bond acceptors (Lipinski definition) is 17. The molecule has 246 valence electrons. The van der Waals surface area contributed by atoms with Crippen LogP contribution in [0.5, 0.6) is 28.7 Å². The van der Waals surface area contributed by atoms with E-state index in [-0.39, 0.29) is 39.5 Å². The number of phenolic OH excluding ortho intramolecular Hbond substituents is 2. The van der Waals surface area contributed by atoms with Gasteiger partial charge in [-0.1, -0.05) is 0 Å². The minimum Gasteiger partial charge on any atom is -0.507 e. The molecular weight excluding hydrogens is 608 g/mol. The molecule has 1 aromatic heterocycles. The number of fused-ring (bicyclic) bond motifs is 1. The third kappa shape index (κ3) is 5.98. The van der Waals surface area contributed by atoms with Crippen molar-refractivity contribution in [3.8, 4) is 40.1 Å². The second kappa shape index (κ2) is 12.9. The predicted molar refractivity (Wildman–Crippen MR) is 147 cm³/mol. The van der Waals surface area contributed by atoms with Gasteiger partial charge in [-0.25, -0.2) is 0 Å². The fourth-order valence-corrected chi connectivity index (χ4v) is 5.05. The smallest absolute Gasteiger partial charge is 0.239 e. The first-order valence-corrected chi connectivity index (χ1v) is 13.6. The second-order valence-corrected chi connectivity index (χ2v) is 10.4. The first-order chi connectivity index (χ1) is 21.4. The average Bonchev–Trinajstić information content (AvgIpc) is 3.02. The highest BCUT2D eigenvalue weighted by Crippen LogP contribution is 2.40. The Bertz CT molecular complexity index is 1570. The number of aliphatic hydroxyl groups is 8. The van der Waals surface area contributed by atoms with E-state index in [1.807, 2.05) is 0 Å². The summed E-state index contributed by atoms with van der Waals surface area (Å²) in [6.45, 7) is -1.40. The fraction of sp³-hybridized carbons (Fsp3) is 0.464. The van der Waals surface area contributed by atoms with Gasteiger partial charge in [-0.15, -0.1) is 0 Å². The zero-order valence-electron chi connectivity index (χ0n) is 23.4. The number of benzene rings is 2. The highest BCUT2D eigenvalue weighted by molar-refractivity contribution is 5.88. The molecule has 2 aliphatic rings. The van der Waals surface area contributed by atoms with Crippen molar-refractivity contribution in [2.75, 3.05) is 20.3 Å². The molecule has 0 saturated carbocycles. The molecule has 45 heavy (non-hydrogen) atoms. The van der Waals surface area contributed by atoms with Crippen molar-refractivity contribution >= 4 is 11.0 Å². The monoisotopic (exact) mass is 640 g/mol. The summed E-state index contributed by atoms with van der Waals surface area (Å²) in [4.78, 5) is 13.3. The van der Waals surface area contributed by atoms with E-state index in [2.05, 4.69) is 0 Å². The van der Waals surface area contributed by atoms with Gasteiger partial charge in [0.05, 0.1) is 20.3 Å². The van der Waals surface area contributed by atoms with Crippen LogP contribution in [0.3, 0.4) is 0 Å². The van der Waals surface area contributed by atoms with Crippen LogP contribution < -0.4 is 19.6 Å². The lowest BCUT2D eigenvalue weighted by Gasteiger charge is -2.39. The Hall–Kier alpha value is -3.75. The molecule has 2 aromatic carbocycles. The summed E-state index contributed by atoms with van der Waals surface area (Å²) >= 11 is 0. The first kappa shape index (κ1) is 32.6. The molecule has 0 amide bonds. The van der Waals surface area contributed by atoms with E-state index in [4.69, 9.17) is 28.1 Å². The lowest BCUT2D eigenvalue weighted by atomic mass is 9.99. The number of aliphatic hydroxyl groups excluding tert-OH is 8. The lowest BCUT2D eigenvalue weighted by molar-refractivity contribution is -0.277. The van der Waals surface area contributed by atoms with Crippen LogP contribution in [0.4, 0.5) is 0 Å². The minimum absolute atomic E-state index is 0.0734. The van der Waals surface area contributed by atoms with Gasteiger partial charge >= 0.3 is 0 Å². The van der Waals surface area contributed by atoms with E-state index in [0.29, 0.717) is 0 Å². The molecular formula is C28H32O17. The Kier molecular flexibility index (Phi) is 9.38. The summed E-state index contributed by atoms with van der Waals surface area (Å²) in [5.41, 5.74) is -0.979. The summed E-state index contributed by atoms with van der Waals surface area (Å²) in [6.07, 6.45) is -15.9. The van der Waals surface area contributed by atoms with Crippen molar-refractivity contribution in [3.63, 3.8) is 0 Å². The maximum Gasteiger partial charge on any atom is 0.239 e. The molecule has 0 aliphatic carbocycles. The molecule has 5 rings (SSSR count). The van der Waals surface area contributed by atoms with Gasteiger partial charge in [0, 0.05) is 17.7 Å². The van der Waals surface area contributed by atoms with Crippen LogP contribution in [-0.2, 0) is 9.47 Å². The molecule has 17 heteroatoms. The highest BCUT2D eigenvalue weighted by atomic mass is 16.7. The molecule has 0 bridgehead atoms. The largest absolute Gasteiger partial charge is 0.507 e. The van der Waals surface area contributed by atoms with Crippen molar-refractivity contribution in [3.05, 3.63) is 40.6 Å². The third-order valence-electron chi connectivity index (χ3n) is 7.52. The molecule has 17 nitrogen and oxygen atoms in total. The number of hydrogen-bond donors (Lipinski definition) is 10. The standard InChI is InChI=1S/C28H32O17/c1-40-26-20(35)17-12(32)5-10(41-27-23(38)21(36)18(33)15(7-29)44-27)6-14(17)42-25(26)9-2-3-13(11(31)4-9)43-28-24(39)22(37)19(34)16(8-30)45-28/h2-6,15-16,18-19,21-24,27-34,36-39H,7-8H2,1H3/t15-,16-,18-,19-,21+,22+,23-,24-,27-,28-/m1/s1. The maximum atomic E-state index is 13.3. The van der Waals surface area contributed by atoms with Crippen molar-refractivity contribution in [2.24, 2.45) is 0 Å². The minimum atomic E-state index is -1.76. The number of methoxy groups -OCH3 is 1. The summed E-state index contributed by atoms with van der Waals surface area (Å²) in [5, 5.41) is 100. The molecule has 0 spiro atoms. The Morgan fingerprint density at radius 2 is 1.31 bits per heavy atom. The maximum absolute atomic E-state index is 13.3. The molecule has 3 aromatic rings. The quantitative estimate of drug-likeness (QED) is 0.119. The molecule has 3 heterocycles. The number of phenols is 2. The van der Waals surface area contributed by atoms with Gasteiger partial charge in [0.2, 0.25) is 23.8 Å². The van der Waals surface area contributed by atoms with Crippen molar-refractivity contribution in [1.82, 2.24) is 0 Å². The molecule has 0 radical (unpaired) electrons. The van der Waals surface area contributed by atoms with Crippen LogP contribution in [0.2, 0.25) is 0 Å². The van der Waals surface area contributed by atoms with E-state index < -0.39 is 91.6 Å². The van der Waals surface area contributed by atoms with Gasteiger partial charge in [0.25, 0.3) is 0 Å². The van der Waals surface area contributed by atoms with Crippen LogP contribution in [0.25, 0.3) is 22.3 Å². The molecule has 2 aliphatic heterocycles. The molecule has 2 saturated heterocycles. The van der Waals surface area contributed by atoms with Gasteiger partial charge in [-0.3, -0.25) is 4.79 Å². The van der Waals surface area contributed by atoms with E-state index in [0.717, 1.165) is 18.2 Å². The number of rotatable bonds is 8. The Balaban J connectivity index is 1.47. The lowest BCUT2D eigenvalue weighted by Crippen LogP contribution is -2.60. The number of aromatic hydroxyl groups is 2. The van der Waals surface area contributed by atoms with E-state index in [1.165, 1.54) is 19.2 Å². The Morgan fingerprint density at radius 1 is 0.733 bits per heavy atom.